The Morgan fingerprint density at radius 1 is 1.43 bits per heavy atom. The standard InChI is InChI=1S/C10H18N2O2/c1-2-10(13)12-4-3-11-5-6-14-8-9(11)7-12/h9H,2-8H2,1H3/t9-/m0/s1. The Morgan fingerprint density at radius 3 is 3.07 bits per heavy atom. The van der Waals surface area contributed by atoms with Crippen molar-refractivity contribution in [2.75, 3.05) is 39.4 Å². The van der Waals surface area contributed by atoms with Crippen molar-refractivity contribution in [2.24, 2.45) is 0 Å². The second kappa shape index (κ2) is 4.28. The maximum atomic E-state index is 11.5. The van der Waals surface area contributed by atoms with Gasteiger partial charge < -0.3 is 9.64 Å². The quantitative estimate of drug-likeness (QED) is 0.592. The van der Waals surface area contributed by atoms with Crippen molar-refractivity contribution in [1.82, 2.24) is 9.80 Å². The molecule has 0 saturated carbocycles. The Morgan fingerprint density at radius 2 is 2.29 bits per heavy atom. The van der Waals surface area contributed by atoms with Crippen LogP contribution in [0.1, 0.15) is 13.3 Å². The minimum Gasteiger partial charge on any atom is -0.378 e. The van der Waals surface area contributed by atoms with Gasteiger partial charge in [-0.1, -0.05) is 6.92 Å². The van der Waals surface area contributed by atoms with E-state index in [2.05, 4.69) is 4.90 Å². The lowest BCUT2D eigenvalue weighted by molar-refractivity contribution is -0.136. The van der Waals surface area contributed by atoms with E-state index in [4.69, 9.17) is 4.74 Å². The van der Waals surface area contributed by atoms with E-state index in [1.54, 1.807) is 0 Å². The van der Waals surface area contributed by atoms with Crippen LogP contribution in [-0.4, -0.2) is 61.1 Å². The smallest absolute Gasteiger partial charge is 0.222 e. The van der Waals surface area contributed by atoms with Crippen LogP contribution >= 0.6 is 0 Å². The summed E-state index contributed by atoms with van der Waals surface area (Å²) >= 11 is 0. The molecule has 14 heavy (non-hydrogen) atoms. The van der Waals surface area contributed by atoms with Crippen LogP contribution in [0.15, 0.2) is 0 Å². The first kappa shape index (κ1) is 9.93. The number of hydrogen-bond acceptors (Lipinski definition) is 3. The van der Waals surface area contributed by atoms with Gasteiger partial charge in [0.2, 0.25) is 5.91 Å². The van der Waals surface area contributed by atoms with Gasteiger partial charge in [0.05, 0.1) is 19.3 Å². The molecule has 1 atom stereocenters. The normalized spacial score (nSPS) is 28.6. The number of piperazine rings is 1. The van der Waals surface area contributed by atoms with Gasteiger partial charge >= 0.3 is 0 Å². The topological polar surface area (TPSA) is 32.8 Å². The van der Waals surface area contributed by atoms with E-state index in [0.29, 0.717) is 12.5 Å². The predicted molar refractivity (Wildman–Crippen MR) is 53.1 cm³/mol. The van der Waals surface area contributed by atoms with Crippen LogP contribution in [0.4, 0.5) is 0 Å². The molecule has 0 aliphatic carbocycles. The molecule has 4 nitrogen and oxygen atoms in total. The van der Waals surface area contributed by atoms with Crippen molar-refractivity contribution in [3.05, 3.63) is 0 Å². The lowest BCUT2D eigenvalue weighted by atomic mass is 10.1. The highest BCUT2D eigenvalue weighted by molar-refractivity contribution is 5.75. The summed E-state index contributed by atoms with van der Waals surface area (Å²) in [6.07, 6.45) is 0.619. The Kier molecular flexibility index (Phi) is 3.03. The fourth-order valence-corrected chi connectivity index (χ4v) is 2.20. The highest BCUT2D eigenvalue weighted by Crippen LogP contribution is 2.14. The first-order valence-electron chi connectivity index (χ1n) is 5.41. The van der Waals surface area contributed by atoms with Crippen LogP contribution in [0.2, 0.25) is 0 Å². The summed E-state index contributed by atoms with van der Waals surface area (Å²) in [6, 6.07) is 0.438. The van der Waals surface area contributed by atoms with E-state index in [0.717, 1.165) is 39.4 Å². The fourth-order valence-electron chi connectivity index (χ4n) is 2.20. The number of hydrogen-bond donors (Lipinski definition) is 0. The highest BCUT2D eigenvalue weighted by Gasteiger charge is 2.30. The molecule has 0 aromatic carbocycles. The number of amides is 1. The van der Waals surface area contributed by atoms with Gasteiger partial charge in [0.15, 0.2) is 0 Å². The third-order valence-corrected chi connectivity index (χ3v) is 3.09. The molecule has 2 heterocycles. The summed E-state index contributed by atoms with van der Waals surface area (Å²) in [5, 5.41) is 0. The molecule has 0 N–H and O–H groups in total. The molecule has 0 aromatic rings. The lowest BCUT2D eigenvalue weighted by Crippen LogP contribution is -2.59. The molecule has 2 rings (SSSR count). The van der Waals surface area contributed by atoms with Gasteiger partial charge in [-0.3, -0.25) is 9.69 Å². The molecule has 1 amide bonds. The molecule has 2 saturated heterocycles. The van der Waals surface area contributed by atoms with Crippen molar-refractivity contribution in [2.45, 2.75) is 19.4 Å². The van der Waals surface area contributed by atoms with E-state index < -0.39 is 0 Å². The average molecular weight is 198 g/mol. The molecule has 0 bridgehead atoms. The van der Waals surface area contributed by atoms with Crippen molar-refractivity contribution in [3.8, 4) is 0 Å². The molecule has 4 heteroatoms. The van der Waals surface area contributed by atoms with Gasteiger partial charge in [-0.05, 0) is 0 Å². The summed E-state index contributed by atoms with van der Waals surface area (Å²) in [5.41, 5.74) is 0. The van der Waals surface area contributed by atoms with E-state index in [1.165, 1.54) is 0 Å². The monoisotopic (exact) mass is 198 g/mol. The van der Waals surface area contributed by atoms with Gasteiger partial charge in [0.1, 0.15) is 0 Å². The lowest BCUT2D eigenvalue weighted by Gasteiger charge is -2.43. The minimum atomic E-state index is 0.273. The van der Waals surface area contributed by atoms with Crippen LogP contribution in [0.25, 0.3) is 0 Å². The maximum absolute atomic E-state index is 11.5. The number of fused-ring (bicyclic) bond motifs is 1. The van der Waals surface area contributed by atoms with Crippen LogP contribution in [0, 0.1) is 0 Å². The highest BCUT2D eigenvalue weighted by atomic mass is 16.5. The number of carbonyl (C=O) groups excluding carboxylic acids is 1. The third-order valence-electron chi connectivity index (χ3n) is 3.09. The average Bonchev–Trinajstić information content (AvgIpc) is 2.27. The molecular weight excluding hydrogens is 180 g/mol. The number of morpholine rings is 1. The zero-order valence-corrected chi connectivity index (χ0v) is 8.74. The summed E-state index contributed by atoms with van der Waals surface area (Å²) in [6.45, 7) is 7.34. The van der Waals surface area contributed by atoms with Crippen molar-refractivity contribution >= 4 is 5.91 Å². The first-order chi connectivity index (χ1) is 6.81. The summed E-state index contributed by atoms with van der Waals surface area (Å²) in [7, 11) is 0. The molecule has 0 unspecified atom stereocenters. The number of carbonyl (C=O) groups is 1. The first-order valence-corrected chi connectivity index (χ1v) is 5.41. The van der Waals surface area contributed by atoms with E-state index in [9.17, 15) is 4.79 Å². The molecule has 0 aromatic heterocycles. The molecule has 80 valence electrons. The zero-order valence-electron chi connectivity index (χ0n) is 8.74. The van der Waals surface area contributed by atoms with Gasteiger partial charge in [0, 0.05) is 32.6 Å². The van der Waals surface area contributed by atoms with Crippen LogP contribution < -0.4 is 0 Å². The Hall–Kier alpha value is -0.610. The molecule has 0 radical (unpaired) electrons. The molecule has 2 aliphatic rings. The van der Waals surface area contributed by atoms with Gasteiger partial charge in [-0.2, -0.15) is 0 Å². The van der Waals surface area contributed by atoms with Gasteiger partial charge in [-0.25, -0.2) is 0 Å². The van der Waals surface area contributed by atoms with Gasteiger partial charge in [-0.15, -0.1) is 0 Å². The van der Waals surface area contributed by atoms with Crippen molar-refractivity contribution < 1.29 is 9.53 Å². The van der Waals surface area contributed by atoms with E-state index in [-0.39, 0.29) is 5.91 Å². The number of ether oxygens (including phenoxy) is 1. The number of nitrogens with zero attached hydrogens (tertiary/aromatic N) is 2. The Balaban J connectivity index is 1.92. The van der Waals surface area contributed by atoms with E-state index in [1.807, 2.05) is 11.8 Å². The largest absolute Gasteiger partial charge is 0.378 e. The zero-order chi connectivity index (χ0) is 9.97. The molecule has 0 spiro atoms. The van der Waals surface area contributed by atoms with Crippen LogP contribution in [0.5, 0.6) is 0 Å². The maximum Gasteiger partial charge on any atom is 0.222 e. The second-order valence-electron chi connectivity index (χ2n) is 3.96. The second-order valence-corrected chi connectivity index (χ2v) is 3.96. The molecule has 2 fully saturated rings. The summed E-state index contributed by atoms with van der Waals surface area (Å²) in [4.78, 5) is 15.9. The van der Waals surface area contributed by atoms with Crippen LogP contribution in [-0.2, 0) is 9.53 Å². The Bertz CT molecular complexity index is 220. The minimum absolute atomic E-state index is 0.273. The van der Waals surface area contributed by atoms with Gasteiger partial charge in [0.25, 0.3) is 0 Å². The van der Waals surface area contributed by atoms with Crippen LogP contribution in [0.3, 0.4) is 0 Å². The SMILES string of the molecule is CCC(=O)N1CCN2CCOC[C@@H]2C1. The van der Waals surface area contributed by atoms with Crippen molar-refractivity contribution in [3.63, 3.8) is 0 Å². The predicted octanol–water partition coefficient (Wildman–Crippen LogP) is -0.0606. The fraction of sp³-hybridized carbons (Fsp3) is 0.900. The summed E-state index contributed by atoms with van der Waals surface area (Å²) < 4.78 is 5.42. The molecular formula is C10H18N2O2. The third kappa shape index (κ3) is 1.91. The summed E-state index contributed by atoms with van der Waals surface area (Å²) in [5.74, 6) is 0.273. The Labute approximate surface area is 84.8 Å². The number of rotatable bonds is 1. The molecule has 2 aliphatic heterocycles. The van der Waals surface area contributed by atoms with E-state index >= 15 is 0 Å². The van der Waals surface area contributed by atoms with Crippen molar-refractivity contribution in [1.29, 1.82) is 0 Å².